The van der Waals surface area contributed by atoms with Crippen molar-refractivity contribution in [3.8, 4) is 0 Å². The van der Waals surface area contributed by atoms with Gasteiger partial charge in [-0.2, -0.15) is 26.3 Å². The third-order valence-electron chi connectivity index (χ3n) is 7.22. The molecule has 2 atom stereocenters. The van der Waals surface area contributed by atoms with E-state index in [-0.39, 0.29) is 43.6 Å². The maximum atomic E-state index is 13.7. The van der Waals surface area contributed by atoms with Crippen LogP contribution in [0.15, 0.2) is 47.4 Å². The molecular weight excluding hydrogens is 573 g/mol. The summed E-state index contributed by atoms with van der Waals surface area (Å²) in [7, 11) is -4.60. The third-order valence-corrected chi connectivity index (χ3v) is 9.10. The van der Waals surface area contributed by atoms with Gasteiger partial charge in [0.25, 0.3) is 15.6 Å². The molecule has 1 fully saturated rings. The van der Waals surface area contributed by atoms with Crippen molar-refractivity contribution in [1.82, 2.24) is 4.90 Å². The standard InChI is InChI=1S/C25H25F7N2O5S/c1-22(36)10-11-33(14-22)21(35)13-18-6-2-15-12-16(23(37,24(27,28)29)25(30,31)32)3-9-20(15)34(18)40(38,39)19-7-4-17(26)5-8-19/h3-5,7-9,12,18,36-37H,2,6,10-11,13-14H2,1H3/t18-,22?/m0/s1. The van der Waals surface area contributed by atoms with Crippen LogP contribution in [0.3, 0.4) is 0 Å². The lowest BCUT2D eigenvalue weighted by Crippen LogP contribution is -2.54. The summed E-state index contributed by atoms with van der Waals surface area (Å²) in [5.74, 6) is -1.26. The monoisotopic (exact) mass is 598 g/mol. The zero-order valence-electron chi connectivity index (χ0n) is 20.9. The Morgan fingerprint density at radius 3 is 2.17 bits per heavy atom. The van der Waals surface area contributed by atoms with Crippen molar-refractivity contribution in [2.24, 2.45) is 0 Å². The highest BCUT2D eigenvalue weighted by Crippen LogP contribution is 2.51. The van der Waals surface area contributed by atoms with E-state index in [4.69, 9.17) is 0 Å². The molecule has 15 heteroatoms. The van der Waals surface area contributed by atoms with E-state index < -0.39 is 68.2 Å². The number of alkyl halides is 6. The van der Waals surface area contributed by atoms with Gasteiger partial charge in [-0.3, -0.25) is 9.10 Å². The second kappa shape index (κ2) is 9.87. The Balaban J connectivity index is 1.80. The zero-order valence-corrected chi connectivity index (χ0v) is 21.7. The number of carbonyl (C=O) groups excluding carboxylic acids is 1. The minimum Gasteiger partial charge on any atom is -0.388 e. The minimum absolute atomic E-state index is 0.00329. The molecule has 0 saturated carbocycles. The van der Waals surface area contributed by atoms with Gasteiger partial charge >= 0.3 is 12.4 Å². The number of aryl methyl sites for hydroxylation is 1. The molecule has 2 heterocycles. The van der Waals surface area contributed by atoms with Crippen LogP contribution in [0.4, 0.5) is 36.4 Å². The average Bonchev–Trinajstić information content (AvgIpc) is 3.21. The van der Waals surface area contributed by atoms with E-state index in [0.717, 1.165) is 34.6 Å². The smallest absolute Gasteiger partial charge is 0.388 e. The number of β-amino-alcohol motifs (C(OH)–C–C–N with tert-alkyl or cyclic N) is 1. The van der Waals surface area contributed by atoms with Crippen LogP contribution in [0.5, 0.6) is 0 Å². The number of nitrogens with zero attached hydrogens (tertiary/aromatic N) is 2. The molecule has 40 heavy (non-hydrogen) atoms. The second-order valence-electron chi connectivity index (χ2n) is 10.3. The maximum Gasteiger partial charge on any atom is 0.430 e. The van der Waals surface area contributed by atoms with Crippen LogP contribution in [0.2, 0.25) is 0 Å². The first-order valence-corrected chi connectivity index (χ1v) is 13.5. The number of fused-ring (bicyclic) bond motifs is 1. The Bertz CT molecular complexity index is 1380. The molecule has 4 rings (SSSR count). The van der Waals surface area contributed by atoms with Crippen LogP contribution in [-0.2, 0) is 26.8 Å². The molecule has 0 spiro atoms. The van der Waals surface area contributed by atoms with Crippen molar-refractivity contribution in [3.05, 3.63) is 59.4 Å². The summed E-state index contributed by atoms with van der Waals surface area (Å²) in [5, 5.41) is 20.0. The molecule has 2 aromatic rings. The molecule has 1 unspecified atom stereocenters. The zero-order chi connectivity index (χ0) is 29.9. The first kappa shape index (κ1) is 30.1. The van der Waals surface area contributed by atoms with Crippen LogP contribution < -0.4 is 4.31 Å². The number of amides is 1. The summed E-state index contributed by atoms with van der Waals surface area (Å²) >= 11 is 0. The van der Waals surface area contributed by atoms with Gasteiger partial charge in [0.05, 0.1) is 22.2 Å². The van der Waals surface area contributed by atoms with Crippen LogP contribution in [0.25, 0.3) is 0 Å². The summed E-state index contributed by atoms with van der Waals surface area (Å²) in [5.41, 5.74) is -8.41. The lowest BCUT2D eigenvalue weighted by Gasteiger charge is -2.39. The Morgan fingerprint density at radius 1 is 1.05 bits per heavy atom. The fourth-order valence-electron chi connectivity index (χ4n) is 5.07. The van der Waals surface area contributed by atoms with E-state index in [1.165, 1.54) is 11.8 Å². The normalized spacial score (nSPS) is 22.4. The highest BCUT2D eigenvalue weighted by molar-refractivity contribution is 7.92. The van der Waals surface area contributed by atoms with Crippen molar-refractivity contribution in [1.29, 1.82) is 0 Å². The average molecular weight is 599 g/mol. The summed E-state index contributed by atoms with van der Waals surface area (Å²) in [4.78, 5) is 14.0. The van der Waals surface area contributed by atoms with Crippen LogP contribution in [0, 0.1) is 5.82 Å². The van der Waals surface area contributed by atoms with Crippen molar-refractivity contribution < 1.29 is 54.2 Å². The van der Waals surface area contributed by atoms with Crippen molar-refractivity contribution in [3.63, 3.8) is 0 Å². The van der Waals surface area contributed by atoms with Gasteiger partial charge in [0.2, 0.25) is 5.91 Å². The number of hydrogen-bond donors (Lipinski definition) is 2. The largest absolute Gasteiger partial charge is 0.430 e. The quantitative estimate of drug-likeness (QED) is 0.507. The first-order valence-electron chi connectivity index (χ1n) is 12.1. The van der Waals surface area contributed by atoms with Crippen molar-refractivity contribution in [2.45, 2.75) is 67.1 Å². The van der Waals surface area contributed by atoms with E-state index >= 15 is 0 Å². The molecule has 220 valence electrons. The number of sulfonamides is 1. The fraction of sp³-hybridized carbons (Fsp3) is 0.480. The summed E-state index contributed by atoms with van der Waals surface area (Å²) in [6.07, 6.45) is -12.8. The summed E-state index contributed by atoms with van der Waals surface area (Å²) in [6.45, 7) is 1.73. The van der Waals surface area contributed by atoms with Gasteiger partial charge in [-0.05, 0) is 62.1 Å². The molecule has 0 bridgehead atoms. The Hall–Kier alpha value is -2.91. The van der Waals surface area contributed by atoms with E-state index in [1.54, 1.807) is 0 Å². The number of benzene rings is 2. The van der Waals surface area contributed by atoms with E-state index in [9.17, 15) is 54.2 Å². The molecule has 0 aliphatic carbocycles. The molecule has 2 aromatic carbocycles. The molecule has 0 radical (unpaired) electrons. The minimum atomic E-state index is -6.14. The Labute approximate surface area is 224 Å². The highest BCUT2D eigenvalue weighted by Gasteiger charge is 2.71. The van der Waals surface area contributed by atoms with Gasteiger partial charge in [0.15, 0.2) is 0 Å². The summed E-state index contributed by atoms with van der Waals surface area (Å²) < 4.78 is 123. The van der Waals surface area contributed by atoms with Crippen LogP contribution in [-0.4, -0.2) is 66.5 Å². The number of anilines is 1. The number of carbonyl (C=O) groups is 1. The van der Waals surface area contributed by atoms with Gasteiger partial charge in [-0.25, -0.2) is 12.8 Å². The summed E-state index contributed by atoms with van der Waals surface area (Å²) in [6, 6.07) is 4.03. The van der Waals surface area contributed by atoms with E-state index in [1.807, 2.05) is 0 Å². The molecular formula is C25H25F7N2O5S. The predicted octanol–water partition coefficient (Wildman–Crippen LogP) is 4.02. The lowest BCUT2D eigenvalue weighted by molar-refractivity contribution is -0.376. The molecule has 1 amide bonds. The predicted molar refractivity (Wildman–Crippen MR) is 127 cm³/mol. The molecule has 0 aromatic heterocycles. The Kier molecular flexibility index (Phi) is 7.42. The molecule has 2 aliphatic rings. The van der Waals surface area contributed by atoms with Gasteiger partial charge in [-0.1, -0.05) is 12.1 Å². The molecule has 7 nitrogen and oxygen atoms in total. The lowest BCUT2D eigenvalue weighted by atomic mass is 9.87. The number of likely N-dealkylation sites (tertiary alicyclic amines) is 1. The van der Waals surface area contributed by atoms with E-state index in [2.05, 4.69) is 0 Å². The molecule has 2 N–H and O–H groups in total. The topological polar surface area (TPSA) is 98.1 Å². The maximum absolute atomic E-state index is 13.7. The van der Waals surface area contributed by atoms with Crippen LogP contribution in [0.1, 0.15) is 37.3 Å². The number of halogens is 7. The SMILES string of the molecule is CC1(O)CCN(C(=O)C[C@@H]2CCc3cc(C(O)(C(F)(F)F)C(F)(F)F)ccc3N2S(=O)(=O)c2ccc(F)cc2)C1. The number of aliphatic hydroxyl groups is 2. The van der Waals surface area contributed by atoms with Gasteiger partial charge < -0.3 is 15.1 Å². The number of rotatable bonds is 5. The molecule has 2 aliphatic heterocycles. The Morgan fingerprint density at radius 2 is 1.65 bits per heavy atom. The van der Waals surface area contributed by atoms with Gasteiger partial charge in [0.1, 0.15) is 5.82 Å². The van der Waals surface area contributed by atoms with Gasteiger partial charge in [-0.15, -0.1) is 0 Å². The third kappa shape index (κ3) is 5.26. The molecule has 1 saturated heterocycles. The van der Waals surface area contributed by atoms with Gasteiger partial charge in [0, 0.05) is 25.1 Å². The second-order valence-corrected chi connectivity index (χ2v) is 12.1. The van der Waals surface area contributed by atoms with E-state index in [0.29, 0.717) is 12.1 Å². The highest BCUT2D eigenvalue weighted by atomic mass is 32.2. The van der Waals surface area contributed by atoms with Crippen molar-refractivity contribution >= 4 is 21.6 Å². The van der Waals surface area contributed by atoms with Crippen LogP contribution >= 0.6 is 0 Å². The number of hydrogen-bond acceptors (Lipinski definition) is 5. The first-order chi connectivity index (χ1) is 18.3. The fourth-order valence-corrected chi connectivity index (χ4v) is 6.79. The van der Waals surface area contributed by atoms with Crippen molar-refractivity contribution in [2.75, 3.05) is 17.4 Å².